The lowest BCUT2D eigenvalue weighted by Gasteiger charge is -2.11. The third kappa shape index (κ3) is 1.70. The predicted octanol–water partition coefficient (Wildman–Crippen LogP) is -0.490. The van der Waals surface area contributed by atoms with Crippen molar-refractivity contribution in [1.29, 1.82) is 0 Å². The molecule has 0 bridgehead atoms. The first kappa shape index (κ1) is 7.53. The van der Waals surface area contributed by atoms with Crippen LogP contribution in [0.1, 0.15) is 12.8 Å². The molecule has 1 rings (SSSR count). The molecular weight excluding hydrogens is 152 g/mol. The van der Waals surface area contributed by atoms with Gasteiger partial charge in [-0.25, -0.2) is 8.42 Å². The largest absolute Gasteiger partial charge is 0.323 e. The van der Waals surface area contributed by atoms with Crippen molar-refractivity contribution in [1.82, 2.24) is 0 Å². The number of nitrogens with two attached hydrogens (primary N) is 1. The fourth-order valence-corrected chi connectivity index (χ4v) is 2.45. The van der Waals surface area contributed by atoms with Crippen LogP contribution in [0.15, 0.2) is 5.10 Å². The first-order chi connectivity index (χ1) is 4.64. The van der Waals surface area contributed by atoms with Gasteiger partial charge in [0.25, 0.3) is 0 Å². The van der Waals surface area contributed by atoms with Crippen LogP contribution in [-0.2, 0) is 9.84 Å². The van der Waals surface area contributed by atoms with Crippen LogP contribution in [0.3, 0.4) is 0 Å². The van der Waals surface area contributed by atoms with Gasteiger partial charge < -0.3 is 5.84 Å². The van der Waals surface area contributed by atoms with Crippen LogP contribution in [-0.4, -0.2) is 25.6 Å². The molecule has 1 heterocycles. The summed E-state index contributed by atoms with van der Waals surface area (Å²) in [5, 5.41) is 3.38. The molecule has 0 aromatic carbocycles. The first-order valence-corrected chi connectivity index (χ1v) is 4.92. The summed E-state index contributed by atoms with van der Waals surface area (Å²) in [5.41, 5.74) is 0.603. The fraction of sp³-hybridized carbons (Fsp3) is 0.800. The van der Waals surface area contributed by atoms with Gasteiger partial charge in [-0.2, -0.15) is 5.10 Å². The van der Waals surface area contributed by atoms with E-state index in [1.165, 1.54) is 0 Å². The molecule has 0 unspecified atom stereocenters. The second-order valence-electron chi connectivity index (χ2n) is 2.39. The molecule has 1 aliphatic rings. The summed E-state index contributed by atoms with van der Waals surface area (Å²) < 4.78 is 21.8. The molecule has 1 saturated heterocycles. The van der Waals surface area contributed by atoms with Gasteiger partial charge in [0.15, 0.2) is 9.84 Å². The van der Waals surface area contributed by atoms with E-state index in [1.54, 1.807) is 0 Å². The molecule has 1 fully saturated rings. The van der Waals surface area contributed by atoms with Crippen LogP contribution < -0.4 is 5.84 Å². The Hall–Kier alpha value is -0.580. The van der Waals surface area contributed by atoms with Crippen LogP contribution in [0.5, 0.6) is 0 Å². The molecule has 0 aromatic heterocycles. The summed E-state index contributed by atoms with van der Waals surface area (Å²) in [6.07, 6.45) is 1.40. The zero-order valence-electron chi connectivity index (χ0n) is 5.58. The molecule has 0 amide bonds. The number of hydrogen-bond donors (Lipinski definition) is 1. The van der Waals surface area contributed by atoms with Crippen LogP contribution in [0.4, 0.5) is 0 Å². The molecule has 0 aromatic rings. The van der Waals surface area contributed by atoms with E-state index in [9.17, 15) is 8.42 Å². The molecule has 10 heavy (non-hydrogen) atoms. The maximum atomic E-state index is 10.9. The molecule has 0 spiro atoms. The third-order valence-corrected chi connectivity index (χ3v) is 3.17. The van der Waals surface area contributed by atoms with Gasteiger partial charge in [0.05, 0.1) is 17.2 Å². The molecule has 0 radical (unpaired) electrons. The molecule has 5 heteroatoms. The highest BCUT2D eigenvalue weighted by Gasteiger charge is 2.20. The van der Waals surface area contributed by atoms with Crippen molar-refractivity contribution >= 4 is 15.5 Å². The number of sulfone groups is 1. The van der Waals surface area contributed by atoms with Gasteiger partial charge in [0.1, 0.15) is 0 Å². The van der Waals surface area contributed by atoms with Crippen molar-refractivity contribution in [3.63, 3.8) is 0 Å². The molecule has 0 atom stereocenters. The second-order valence-corrected chi connectivity index (χ2v) is 4.57. The predicted molar refractivity (Wildman–Crippen MR) is 39.5 cm³/mol. The zero-order valence-corrected chi connectivity index (χ0v) is 6.39. The highest BCUT2D eigenvalue weighted by atomic mass is 32.2. The van der Waals surface area contributed by atoms with Crippen LogP contribution in [0, 0.1) is 0 Å². The molecule has 2 N–H and O–H groups in total. The molecule has 4 nitrogen and oxygen atoms in total. The summed E-state index contributed by atoms with van der Waals surface area (Å²) in [7, 11) is -2.85. The van der Waals surface area contributed by atoms with Gasteiger partial charge in [0, 0.05) is 0 Å². The SMILES string of the molecule is N/N=C1\CCCS(=O)(=O)C1. The normalized spacial score (nSPS) is 28.6. The van der Waals surface area contributed by atoms with Crippen LogP contribution in [0.2, 0.25) is 0 Å². The summed E-state index contributed by atoms with van der Waals surface area (Å²) in [6.45, 7) is 0. The fourth-order valence-electron chi connectivity index (χ4n) is 0.996. The number of hydrogen-bond acceptors (Lipinski definition) is 4. The Morgan fingerprint density at radius 2 is 2.20 bits per heavy atom. The van der Waals surface area contributed by atoms with Gasteiger partial charge in [-0.3, -0.25) is 0 Å². The lowest BCUT2D eigenvalue weighted by atomic mass is 10.2. The number of rotatable bonds is 0. The monoisotopic (exact) mass is 162 g/mol. The van der Waals surface area contributed by atoms with E-state index in [2.05, 4.69) is 5.10 Å². The zero-order chi connectivity index (χ0) is 7.61. The molecule has 0 saturated carbocycles. The van der Waals surface area contributed by atoms with Crippen molar-refractivity contribution in [3.8, 4) is 0 Å². The quantitative estimate of drug-likeness (QED) is 0.386. The maximum Gasteiger partial charge on any atom is 0.155 e. The summed E-state index contributed by atoms with van der Waals surface area (Å²) in [6, 6.07) is 0. The van der Waals surface area contributed by atoms with Gasteiger partial charge >= 0.3 is 0 Å². The highest BCUT2D eigenvalue weighted by Crippen LogP contribution is 2.08. The minimum Gasteiger partial charge on any atom is -0.323 e. The van der Waals surface area contributed by atoms with Gasteiger partial charge in [0.2, 0.25) is 0 Å². The summed E-state index contributed by atoms with van der Waals surface area (Å²) in [4.78, 5) is 0. The van der Waals surface area contributed by atoms with E-state index in [0.717, 1.165) is 6.42 Å². The average Bonchev–Trinajstić information content (AvgIpc) is 1.86. The standard InChI is InChI=1S/C5H10N2O2S/c6-7-5-2-1-3-10(8,9)4-5/h1-4,6H2/b7-5+. The average molecular weight is 162 g/mol. The third-order valence-electron chi connectivity index (χ3n) is 1.49. The van der Waals surface area contributed by atoms with Gasteiger partial charge in [-0.05, 0) is 12.8 Å². The van der Waals surface area contributed by atoms with Gasteiger partial charge in [-0.1, -0.05) is 0 Å². The maximum absolute atomic E-state index is 10.9. The van der Waals surface area contributed by atoms with Crippen molar-refractivity contribution in [2.24, 2.45) is 10.9 Å². The number of hydrazone groups is 1. The topological polar surface area (TPSA) is 72.5 Å². The van der Waals surface area contributed by atoms with E-state index in [-0.39, 0.29) is 11.5 Å². The van der Waals surface area contributed by atoms with Crippen LogP contribution in [0.25, 0.3) is 0 Å². The Morgan fingerprint density at radius 1 is 1.50 bits per heavy atom. The van der Waals surface area contributed by atoms with E-state index in [0.29, 0.717) is 12.1 Å². The van der Waals surface area contributed by atoms with Crippen molar-refractivity contribution in [2.75, 3.05) is 11.5 Å². The Kier molecular flexibility index (Phi) is 1.94. The molecule has 0 aliphatic carbocycles. The molecule has 58 valence electrons. The van der Waals surface area contributed by atoms with Crippen LogP contribution >= 0.6 is 0 Å². The Labute approximate surface area is 60.0 Å². The smallest absolute Gasteiger partial charge is 0.155 e. The van der Waals surface area contributed by atoms with Crippen molar-refractivity contribution in [2.45, 2.75) is 12.8 Å². The minimum atomic E-state index is -2.85. The Bertz CT molecular complexity index is 242. The molecular formula is C5H10N2O2S. The highest BCUT2D eigenvalue weighted by molar-refractivity contribution is 7.92. The number of nitrogens with zero attached hydrogens (tertiary/aromatic N) is 1. The Balaban J connectivity index is 2.75. The molecule has 1 aliphatic heterocycles. The van der Waals surface area contributed by atoms with E-state index in [1.807, 2.05) is 0 Å². The van der Waals surface area contributed by atoms with Gasteiger partial charge in [-0.15, -0.1) is 0 Å². The second kappa shape index (κ2) is 2.57. The van der Waals surface area contributed by atoms with E-state index in [4.69, 9.17) is 5.84 Å². The van der Waals surface area contributed by atoms with Crippen molar-refractivity contribution < 1.29 is 8.42 Å². The lowest BCUT2D eigenvalue weighted by molar-refractivity contribution is 0.594. The van der Waals surface area contributed by atoms with Crippen molar-refractivity contribution in [3.05, 3.63) is 0 Å². The first-order valence-electron chi connectivity index (χ1n) is 3.10. The summed E-state index contributed by atoms with van der Waals surface area (Å²) >= 11 is 0. The summed E-state index contributed by atoms with van der Waals surface area (Å²) in [5.74, 6) is 5.29. The minimum absolute atomic E-state index is 0.0590. The van der Waals surface area contributed by atoms with E-state index >= 15 is 0 Å². The van der Waals surface area contributed by atoms with E-state index < -0.39 is 9.84 Å². The Morgan fingerprint density at radius 3 is 2.60 bits per heavy atom. The lowest BCUT2D eigenvalue weighted by Crippen LogP contribution is -2.25.